The van der Waals surface area contributed by atoms with Gasteiger partial charge in [0.1, 0.15) is 5.82 Å². The highest BCUT2D eigenvalue weighted by molar-refractivity contribution is 7.22. The van der Waals surface area contributed by atoms with Crippen molar-refractivity contribution in [1.82, 2.24) is 15.2 Å². The summed E-state index contributed by atoms with van der Waals surface area (Å²) in [6.07, 6.45) is 0. The predicted octanol–water partition coefficient (Wildman–Crippen LogP) is 2.47. The Morgan fingerprint density at radius 3 is 2.65 bits per heavy atom. The first-order valence-corrected chi connectivity index (χ1v) is 5.70. The van der Waals surface area contributed by atoms with Crippen molar-refractivity contribution in [2.75, 3.05) is 5.73 Å². The van der Waals surface area contributed by atoms with Gasteiger partial charge in [0.05, 0.1) is 10.4 Å². The molecule has 0 aliphatic carbocycles. The molecule has 0 aliphatic heterocycles. The molecular formula is C11H7FN4S. The Labute approximate surface area is 99.9 Å². The van der Waals surface area contributed by atoms with E-state index in [1.807, 2.05) is 6.07 Å². The number of fused-ring (bicyclic) bond motifs is 1. The Bertz CT molecular complexity index is 678. The van der Waals surface area contributed by atoms with Crippen LogP contribution in [0, 0.1) is 5.82 Å². The molecule has 4 nitrogen and oxygen atoms in total. The van der Waals surface area contributed by atoms with Crippen LogP contribution in [-0.4, -0.2) is 15.2 Å². The summed E-state index contributed by atoms with van der Waals surface area (Å²) in [6.45, 7) is 0. The second-order valence-corrected chi connectivity index (χ2v) is 4.54. The topological polar surface area (TPSA) is 64.7 Å². The lowest BCUT2D eigenvalue weighted by Gasteiger charge is -1.98. The summed E-state index contributed by atoms with van der Waals surface area (Å²) >= 11 is 1.35. The second-order valence-electron chi connectivity index (χ2n) is 3.48. The van der Waals surface area contributed by atoms with Gasteiger partial charge in [0.2, 0.25) is 0 Å². The molecule has 3 aromatic rings. The first kappa shape index (κ1) is 10.1. The average Bonchev–Trinajstić information content (AvgIpc) is 2.69. The SMILES string of the molecule is Nc1nc2nnc(-c3ccc(F)cc3)cc2s1. The largest absolute Gasteiger partial charge is 0.375 e. The highest BCUT2D eigenvalue weighted by Gasteiger charge is 2.06. The van der Waals surface area contributed by atoms with Crippen LogP contribution in [0.25, 0.3) is 21.6 Å². The van der Waals surface area contributed by atoms with Gasteiger partial charge in [-0.2, -0.15) is 4.98 Å². The van der Waals surface area contributed by atoms with Crippen LogP contribution in [0.2, 0.25) is 0 Å². The van der Waals surface area contributed by atoms with E-state index >= 15 is 0 Å². The van der Waals surface area contributed by atoms with Crippen molar-refractivity contribution >= 4 is 26.8 Å². The maximum absolute atomic E-state index is 12.8. The Kier molecular flexibility index (Phi) is 2.22. The molecule has 84 valence electrons. The molecule has 0 atom stereocenters. The molecule has 6 heteroatoms. The standard InChI is InChI=1S/C11H7FN4S/c12-7-3-1-6(2-4-7)8-5-9-10(16-15-8)14-11(13)17-9/h1-5H,(H2,13,14,16). The van der Waals surface area contributed by atoms with Gasteiger partial charge in [0.15, 0.2) is 10.8 Å². The third-order valence-electron chi connectivity index (χ3n) is 2.31. The lowest BCUT2D eigenvalue weighted by molar-refractivity contribution is 0.628. The summed E-state index contributed by atoms with van der Waals surface area (Å²) in [5.74, 6) is -0.273. The van der Waals surface area contributed by atoms with Crippen molar-refractivity contribution in [1.29, 1.82) is 0 Å². The molecule has 0 saturated heterocycles. The summed E-state index contributed by atoms with van der Waals surface area (Å²) in [4.78, 5) is 4.02. The maximum Gasteiger partial charge on any atom is 0.194 e. The highest BCUT2D eigenvalue weighted by atomic mass is 32.1. The van der Waals surface area contributed by atoms with E-state index in [4.69, 9.17) is 5.73 Å². The number of aromatic nitrogens is 3. The average molecular weight is 246 g/mol. The number of thiazole rings is 1. The van der Waals surface area contributed by atoms with Crippen LogP contribution in [0.5, 0.6) is 0 Å². The van der Waals surface area contributed by atoms with Crippen molar-refractivity contribution in [3.05, 3.63) is 36.1 Å². The zero-order chi connectivity index (χ0) is 11.8. The third kappa shape index (κ3) is 1.83. The molecule has 2 aromatic heterocycles. The monoisotopic (exact) mass is 246 g/mol. The Balaban J connectivity index is 2.13. The van der Waals surface area contributed by atoms with Gasteiger partial charge in [0.25, 0.3) is 0 Å². The summed E-state index contributed by atoms with van der Waals surface area (Å²) in [5.41, 5.74) is 7.62. The molecule has 0 saturated carbocycles. The molecule has 0 fully saturated rings. The van der Waals surface area contributed by atoms with Gasteiger partial charge in [-0.25, -0.2) is 4.39 Å². The molecule has 0 aliphatic rings. The molecule has 0 radical (unpaired) electrons. The van der Waals surface area contributed by atoms with Crippen LogP contribution in [-0.2, 0) is 0 Å². The van der Waals surface area contributed by atoms with E-state index < -0.39 is 0 Å². The molecule has 3 rings (SSSR count). The summed E-state index contributed by atoms with van der Waals surface area (Å²) < 4.78 is 13.7. The lowest BCUT2D eigenvalue weighted by Crippen LogP contribution is -1.88. The molecule has 2 N–H and O–H groups in total. The summed E-state index contributed by atoms with van der Waals surface area (Å²) in [6, 6.07) is 7.96. The van der Waals surface area contributed by atoms with Gasteiger partial charge in [-0.15, -0.1) is 10.2 Å². The van der Waals surface area contributed by atoms with Gasteiger partial charge >= 0.3 is 0 Å². The van der Waals surface area contributed by atoms with Gasteiger partial charge in [-0.3, -0.25) is 0 Å². The third-order valence-corrected chi connectivity index (χ3v) is 3.13. The number of hydrogen-bond acceptors (Lipinski definition) is 5. The molecule has 1 aromatic carbocycles. The quantitative estimate of drug-likeness (QED) is 0.716. The molecule has 0 spiro atoms. The van der Waals surface area contributed by atoms with Crippen LogP contribution in [0.4, 0.5) is 9.52 Å². The number of nitrogens with two attached hydrogens (primary N) is 1. The first-order chi connectivity index (χ1) is 8.22. The van der Waals surface area contributed by atoms with Crippen LogP contribution in [0.3, 0.4) is 0 Å². The zero-order valence-electron chi connectivity index (χ0n) is 8.59. The number of halogens is 1. The predicted molar refractivity (Wildman–Crippen MR) is 65.0 cm³/mol. The Hall–Kier alpha value is -2.08. The Morgan fingerprint density at radius 2 is 1.88 bits per heavy atom. The smallest absolute Gasteiger partial charge is 0.194 e. The van der Waals surface area contributed by atoms with Gasteiger partial charge < -0.3 is 5.73 Å². The van der Waals surface area contributed by atoms with Crippen molar-refractivity contribution in [2.24, 2.45) is 0 Å². The van der Waals surface area contributed by atoms with Crippen LogP contribution < -0.4 is 5.73 Å². The normalized spacial score (nSPS) is 10.9. The summed E-state index contributed by atoms with van der Waals surface area (Å²) in [5, 5.41) is 8.48. The van der Waals surface area contributed by atoms with Crippen molar-refractivity contribution in [3.63, 3.8) is 0 Å². The first-order valence-electron chi connectivity index (χ1n) is 4.88. The summed E-state index contributed by atoms with van der Waals surface area (Å²) in [7, 11) is 0. The Morgan fingerprint density at radius 1 is 1.12 bits per heavy atom. The second kappa shape index (κ2) is 3.74. The minimum atomic E-state index is -0.273. The van der Waals surface area contributed by atoms with Gasteiger partial charge in [-0.1, -0.05) is 11.3 Å². The fourth-order valence-electron chi connectivity index (χ4n) is 1.52. The minimum Gasteiger partial charge on any atom is -0.375 e. The van der Waals surface area contributed by atoms with E-state index in [0.29, 0.717) is 16.5 Å². The fourth-order valence-corrected chi connectivity index (χ4v) is 2.23. The molecule has 17 heavy (non-hydrogen) atoms. The van der Waals surface area contributed by atoms with Gasteiger partial charge in [-0.05, 0) is 30.3 Å². The molecule has 2 heterocycles. The molecule has 0 amide bonds. The number of nitrogens with zero attached hydrogens (tertiary/aromatic N) is 3. The van der Waals surface area contributed by atoms with Crippen LogP contribution in [0.1, 0.15) is 0 Å². The van der Waals surface area contributed by atoms with Crippen molar-refractivity contribution in [2.45, 2.75) is 0 Å². The van der Waals surface area contributed by atoms with Crippen LogP contribution >= 0.6 is 11.3 Å². The van der Waals surface area contributed by atoms with Crippen molar-refractivity contribution in [3.8, 4) is 11.3 Å². The van der Waals surface area contributed by atoms with Gasteiger partial charge in [0, 0.05) is 5.56 Å². The minimum absolute atomic E-state index is 0.273. The van der Waals surface area contributed by atoms with E-state index in [1.54, 1.807) is 12.1 Å². The zero-order valence-corrected chi connectivity index (χ0v) is 9.41. The number of hydrogen-bond donors (Lipinski definition) is 1. The number of anilines is 1. The number of benzene rings is 1. The maximum atomic E-state index is 12.8. The fraction of sp³-hybridized carbons (Fsp3) is 0. The highest BCUT2D eigenvalue weighted by Crippen LogP contribution is 2.25. The lowest BCUT2D eigenvalue weighted by atomic mass is 10.1. The van der Waals surface area contributed by atoms with Crippen LogP contribution in [0.15, 0.2) is 30.3 Å². The van der Waals surface area contributed by atoms with Crippen molar-refractivity contribution < 1.29 is 4.39 Å². The van der Waals surface area contributed by atoms with E-state index in [0.717, 1.165) is 10.3 Å². The van der Waals surface area contributed by atoms with E-state index in [9.17, 15) is 4.39 Å². The van der Waals surface area contributed by atoms with E-state index in [1.165, 1.54) is 23.5 Å². The van der Waals surface area contributed by atoms with E-state index in [2.05, 4.69) is 15.2 Å². The molecular weight excluding hydrogens is 239 g/mol. The van der Waals surface area contributed by atoms with E-state index in [-0.39, 0.29) is 5.82 Å². The molecule has 0 bridgehead atoms. The number of nitrogen functional groups attached to an aromatic ring is 1. The number of rotatable bonds is 1. The molecule has 0 unspecified atom stereocenters.